The van der Waals surface area contributed by atoms with Gasteiger partial charge in [0.1, 0.15) is 13.2 Å². The fourth-order valence-electron chi connectivity index (χ4n) is 7.88. The molecule has 0 aromatic heterocycles. The molecule has 0 N–H and O–H groups in total. The highest BCUT2D eigenvalue weighted by molar-refractivity contribution is 5.72. The van der Waals surface area contributed by atoms with Crippen LogP contribution < -0.4 is 0 Å². The van der Waals surface area contributed by atoms with Gasteiger partial charge in [-0.2, -0.15) is 0 Å². The van der Waals surface area contributed by atoms with Gasteiger partial charge in [-0.05, 0) is 135 Å². The van der Waals surface area contributed by atoms with Crippen LogP contribution in [-0.2, 0) is 28.6 Å². The van der Waals surface area contributed by atoms with Gasteiger partial charge in [-0.1, -0.05) is 262 Å². The summed E-state index contributed by atoms with van der Waals surface area (Å²) in [5.41, 5.74) is 0. The molecule has 0 aliphatic rings. The van der Waals surface area contributed by atoms with Gasteiger partial charge in [0.2, 0.25) is 0 Å². The van der Waals surface area contributed by atoms with Crippen molar-refractivity contribution in [1.82, 2.24) is 0 Å². The second kappa shape index (κ2) is 64.3. The van der Waals surface area contributed by atoms with Crippen molar-refractivity contribution in [3.05, 3.63) is 170 Å². The van der Waals surface area contributed by atoms with Crippen LogP contribution in [0.1, 0.15) is 245 Å². The van der Waals surface area contributed by atoms with E-state index in [1.165, 1.54) is 51.4 Å². The zero-order valence-corrected chi connectivity index (χ0v) is 49.9. The van der Waals surface area contributed by atoms with Gasteiger partial charge in [0.25, 0.3) is 0 Å². The van der Waals surface area contributed by atoms with Crippen LogP contribution in [0.5, 0.6) is 0 Å². The van der Waals surface area contributed by atoms with Crippen molar-refractivity contribution in [2.24, 2.45) is 0 Å². The minimum absolute atomic E-state index is 0.113. The molecule has 0 bridgehead atoms. The van der Waals surface area contributed by atoms with Gasteiger partial charge < -0.3 is 14.2 Å². The summed E-state index contributed by atoms with van der Waals surface area (Å²) >= 11 is 0. The molecule has 0 aromatic carbocycles. The topological polar surface area (TPSA) is 78.9 Å². The Morgan fingerprint density at radius 3 is 0.897 bits per heavy atom. The lowest BCUT2D eigenvalue weighted by Gasteiger charge is -2.18. The van der Waals surface area contributed by atoms with E-state index in [1.807, 2.05) is 6.08 Å². The van der Waals surface area contributed by atoms with Gasteiger partial charge in [-0.3, -0.25) is 14.4 Å². The van der Waals surface area contributed by atoms with Crippen molar-refractivity contribution in [3.63, 3.8) is 0 Å². The third-order valence-electron chi connectivity index (χ3n) is 12.5. The molecule has 0 saturated carbocycles. The highest BCUT2D eigenvalue weighted by atomic mass is 16.6. The Morgan fingerprint density at radius 2 is 0.551 bits per heavy atom. The highest BCUT2D eigenvalue weighted by Crippen LogP contribution is 2.13. The first-order valence-corrected chi connectivity index (χ1v) is 31.1. The average molecular weight is 1070 g/mol. The van der Waals surface area contributed by atoms with Crippen molar-refractivity contribution in [3.8, 4) is 0 Å². The molecule has 0 aliphatic carbocycles. The summed E-state index contributed by atoms with van der Waals surface area (Å²) in [6.45, 7) is 6.27. The van der Waals surface area contributed by atoms with Crippen LogP contribution >= 0.6 is 0 Å². The van der Waals surface area contributed by atoms with Crippen molar-refractivity contribution < 1.29 is 28.6 Å². The van der Waals surface area contributed by atoms with Crippen LogP contribution in [0.4, 0.5) is 0 Å². The van der Waals surface area contributed by atoms with E-state index in [2.05, 4.69) is 179 Å². The number of hydrogen-bond donors (Lipinski definition) is 0. The zero-order valence-electron chi connectivity index (χ0n) is 49.9. The van der Waals surface area contributed by atoms with Crippen molar-refractivity contribution in [2.75, 3.05) is 13.2 Å². The maximum atomic E-state index is 12.9. The van der Waals surface area contributed by atoms with E-state index in [1.54, 1.807) is 6.08 Å². The number of hydrogen-bond acceptors (Lipinski definition) is 6. The molecule has 0 amide bonds. The van der Waals surface area contributed by atoms with Gasteiger partial charge in [0.05, 0.1) is 6.42 Å². The minimum atomic E-state index is -0.841. The molecule has 436 valence electrons. The lowest BCUT2D eigenvalue weighted by molar-refractivity contribution is -0.166. The molecule has 0 fully saturated rings. The standard InChI is InChI=1S/C72H112O6/c1-4-7-10-13-16-19-22-25-28-30-32-33-34-35-36-37-38-39-40-42-44-47-50-53-56-59-62-65-71(74)77-68-69(67-76-70(73)64-61-58-55-52-49-46-43-27-24-21-18-15-12-9-6-3)78-72(75)66-63-60-57-54-51-48-45-41-31-29-26-23-20-17-14-11-8-5-2/h7,9-10,12,16,18-21,23,25,27-29,31-33,35-36,38-39,42-44,49,52,58,61,69H,4-6,8,11,13-15,17,22,24,26,30,34,37,40-41,45-48,50-51,53-57,59-60,62-68H2,1-3H3/b10-7-,12-9-,19-16-,21-18-,23-20-,28-25-,31-29-,33-32-,36-35-,39-38-,43-27-,44-42-,52-49-,61-58-. The van der Waals surface area contributed by atoms with Crippen LogP contribution in [0, 0.1) is 0 Å². The lowest BCUT2D eigenvalue weighted by atomic mass is 10.1. The average Bonchev–Trinajstić information content (AvgIpc) is 3.44. The predicted octanol–water partition coefficient (Wildman–Crippen LogP) is 21.5. The van der Waals surface area contributed by atoms with E-state index in [0.717, 1.165) is 154 Å². The largest absolute Gasteiger partial charge is 0.462 e. The molecule has 78 heavy (non-hydrogen) atoms. The molecule has 0 aliphatic heterocycles. The van der Waals surface area contributed by atoms with E-state index >= 15 is 0 Å². The molecule has 0 heterocycles. The highest BCUT2D eigenvalue weighted by Gasteiger charge is 2.19. The summed E-state index contributed by atoms with van der Waals surface area (Å²) < 4.78 is 16.8. The summed E-state index contributed by atoms with van der Waals surface area (Å²) in [6, 6.07) is 0. The summed E-state index contributed by atoms with van der Waals surface area (Å²) in [7, 11) is 0. The van der Waals surface area contributed by atoms with E-state index in [9.17, 15) is 14.4 Å². The first-order valence-electron chi connectivity index (χ1n) is 31.1. The maximum absolute atomic E-state index is 12.9. The van der Waals surface area contributed by atoms with Crippen LogP contribution in [0.15, 0.2) is 170 Å². The van der Waals surface area contributed by atoms with Gasteiger partial charge in [0.15, 0.2) is 6.10 Å². The summed E-state index contributed by atoms with van der Waals surface area (Å²) in [5.74, 6) is -1.09. The van der Waals surface area contributed by atoms with Crippen molar-refractivity contribution in [2.45, 2.75) is 252 Å². The third kappa shape index (κ3) is 61.6. The smallest absolute Gasteiger partial charge is 0.309 e. The Bertz CT molecular complexity index is 1810. The molecule has 0 radical (unpaired) electrons. The lowest BCUT2D eigenvalue weighted by Crippen LogP contribution is -2.30. The number of carbonyl (C=O) groups is 3. The first kappa shape index (κ1) is 72.8. The van der Waals surface area contributed by atoms with Gasteiger partial charge >= 0.3 is 17.9 Å². The molecule has 0 aromatic rings. The molecule has 6 heteroatoms. The quantitative estimate of drug-likeness (QED) is 0.0261. The second-order valence-electron chi connectivity index (χ2n) is 19.9. The number of rotatable bonds is 54. The summed E-state index contributed by atoms with van der Waals surface area (Å²) in [4.78, 5) is 38.2. The predicted molar refractivity (Wildman–Crippen MR) is 338 cm³/mol. The number of allylic oxidation sites excluding steroid dienone is 27. The van der Waals surface area contributed by atoms with Gasteiger partial charge in [-0.25, -0.2) is 0 Å². The Kier molecular flexibility index (Phi) is 60.0. The molecular weight excluding hydrogens is 961 g/mol. The van der Waals surface area contributed by atoms with E-state index in [0.29, 0.717) is 6.42 Å². The molecule has 0 saturated heterocycles. The van der Waals surface area contributed by atoms with Crippen LogP contribution in [-0.4, -0.2) is 37.2 Å². The SMILES string of the molecule is CC/C=C\C/C=C\C/C=C\C/C=C\C/C=C\C/C=C\C/C=C\CCCCCCCC(=O)OCC(COC(=O)C/C=C\C/C=C\C/C=C\C/C=C\C/C=C\CC)OC(=O)CCCCCCCCC/C=C\C/C=C\CCCCCC. The van der Waals surface area contributed by atoms with Gasteiger partial charge in [-0.15, -0.1) is 0 Å². The number of ether oxygens (including phenoxy) is 3. The van der Waals surface area contributed by atoms with E-state index < -0.39 is 12.1 Å². The normalized spacial score (nSPS) is 13.3. The van der Waals surface area contributed by atoms with Crippen molar-refractivity contribution >= 4 is 17.9 Å². The molecule has 1 atom stereocenters. The molecular formula is C72H112O6. The van der Waals surface area contributed by atoms with Crippen LogP contribution in [0.25, 0.3) is 0 Å². The molecule has 1 unspecified atom stereocenters. The van der Waals surface area contributed by atoms with Crippen LogP contribution in [0.3, 0.4) is 0 Å². The van der Waals surface area contributed by atoms with E-state index in [4.69, 9.17) is 14.2 Å². The fraction of sp³-hybridized carbons (Fsp3) is 0.569. The Hall–Kier alpha value is -5.23. The zero-order chi connectivity index (χ0) is 56.4. The number of carbonyl (C=O) groups excluding carboxylic acids is 3. The molecule has 0 spiro atoms. The van der Waals surface area contributed by atoms with Crippen molar-refractivity contribution in [1.29, 1.82) is 0 Å². The van der Waals surface area contributed by atoms with E-state index in [-0.39, 0.29) is 38.0 Å². The Morgan fingerprint density at radius 1 is 0.282 bits per heavy atom. The number of esters is 3. The monoisotopic (exact) mass is 1070 g/mol. The van der Waals surface area contributed by atoms with Crippen LogP contribution in [0.2, 0.25) is 0 Å². The fourth-order valence-corrected chi connectivity index (χ4v) is 7.88. The van der Waals surface area contributed by atoms with Gasteiger partial charge in [0, 0.05) is 12.8 Å². The third-order valence-corrected chi connectivity index (χ3v) is 12.5. The minimum Gasteiger partial charge on any atom is -0.462 e. The summed E-state index contributed by atoms with van der Waals surface area (Å²) in [6.07, 6.45) is 95.2. The molecule has 0 rings (SSSR count). The Labute approximate surface area is 479 Å². The first-order chi connectivity index (χ1) is 38.5. The second-order valence-corrected chi connectivity index (χ2v) is 19.9. The maximum Gasteiger partial charge on any atom is 0.309 e. The molecule has 6 nitrogen and oxygen atoms in total. The Balaban J connectivity index is 4.52. The number of unbranched alkanes of at least 4 members (excludes halogenated alkanes) is 16. The summed E-state index contributed by atoms with van der Waals surface area (Å²) in [5, 5.41) is 0.